The highest BCUT2D eigenvalue weighted by molar-refractivity contribution is 6.30. The van der Waals surface area contributed by atoms with E-state index in [0.29, 0.717) is 11.6 Å². The first-order valence-corrected chi connectivity index (χ1v) is 8.43. The Morgan fingerprint density at radius 1 is 1.23 bits per heavy atom. The summed E-state index contributed by atoms with van der Waals surface area (Å²) in [5.41, 5.74) is 0.751. The van der Waals surface area contributed by atoms with E-state index in [2.05, 4.69) is 29.4 Å². The van der Waals surface area contributed by atoms with Crippen LogP contribution in [-0.2, 0) is 0 Å². The summed E-state index contributed by atoms with van der Waals surface area (Å²) in [6.07, 6.45) is 2.31. The smallest absolute Gasteiger partial charge is 0.319 e. The minimum absolute atomic E-state index is 0.164. The number of carbonyl (C=O) groups is 1. The standard InChI is InChI=1S/C17H26ClN3O/c1-13-10-14(2)12-21(11-13)9-3-8-19-17(22)20-16-6-4-15(18)5-7-16/h4-7,13-14H,3,8-12H2,1-2H3,(H2,19,20,22)/t13-,14+. The van der Waals surface area contributed by atoms with Crippen LogP contribution in [0.15, 0.2) is 24.3 Å². The molecule has 2 amide bonds. The molecule has 2 atom stereocenters. The molecule has 0 radical (unpaired) electrons. The summed E-state index contributed by atoms with van der Waals surface area (Å²) in [4.78, 5) is 14.3. The van der Waals surface area contributed by atoms with Crippen LogP contribution in [0.5, 0.6) is 0 Å². The van der Waals surface area contributed by atoms with Crippen molar-refractivity contribution in [2.24, 2.45) is 11.8 Å². The Morgan fingerprint density at radius 3 is 2.50 bits per heavy atom. The highest BCUT2D eigenvalue weighted by Gasteiger charge is 2.20. The molecule has 0 spiro atoms. The maximum Gasteiger partial charge on any atom is 0.319 e. The van der Waals surface area contributed by atoms with Crippen LogP contribution in [-0.4, -0.2) is 37.1 Å². The minimum atomic E-state index is -0.164. The van der Waals surface area contributed by atoms with Crippen molar-refractivity contribution in [2.75, 3.05) is 31.5 Å². The van der Waals surface area contributed by atoms with Crippen LogP contribution in [0.1, 0.15) is 26.7 Å². The van der Waals surface area contributed by atoms with Gasteiger partial charge in [0.25, 0.3) is 0 Å². The van der Waals surface area contributed by atoms with Crippen molar-refractivity contribution in [3.63, 3.8) is 0 Å². The molecular weight excluding hydrogens is 298 g/mol. The Labute approximate surface area is 138 Å². The average molecular weight is 324 g/mol. The van der Waals surface area contributed by atoms with Gasteiger partial charge in [-0.05, 0) is 55.5 Å². The van der Waals surface area contributed by atoms with E-state index in [9.17, 15) is 4.79 Å². The number of nitrogens with one attached hydrogen (secondary N) is 2. The first-order valence-electron chi connectivity index (χ1n) is 8.05. The van der Waals surface area contributed by atoms with E-state index >= 15 is 0 Å². The van der Waals surface area contributed by atoms with Gasteiger partial charge in [-0.1, -0.05) is 25.4 Å². The number of urea groups is 1. The third kappa shape index (κ3) is 5.85. The van der Waals surface area contributed by atoms with Crippen molar-refractivity contribution >= 4 is 23.3 Å². The fourth-order valence-corrected chi connectivity index (χ4v) is 3.31. The van der Waals surface area contributed by atoms with Crippen LogP contribution >= 0.6 is 11.6 Å². The normalized spacial score (nSPS) is 22.3. The number of hydrogen-bond donors (Lipinski definition) is 2. The van der Waals surface area contributed by atoms with Crippen molar-refractivity contribution in [1.29, 1.82) is 0 Å². The third-order valence-electron chi connectivity index (χ3n) is 3.98. The number of anilines is 1. The largest absolute Gasteiger partial charge is 0.338 e. The molecule has 0 unspecified atom stereocenters. The van der Waals surface area contributed by atoms with Crippen LogP contribution < -0.4 is 10.6 Å². The van der Waals surface area contributed by atoms with Gasteiger partial charge in [0.1, 0.15) is 0 Å². The lowest BCUT2D eigenvalue weighted by molar-refractivity contribution is 0.140. The molecule has 4 nitrogen and oxygen atoms in total. The number of hydrogen-bond acceptors (Lipinski definition) is 2. The molecule has 1 aliphatic heterocycles. The molecule has 2 rings (SSSR count). The van der Waals surface area contributed by atoms with Crippen LogP contribution in [0.3, 0.4) is 0 Å². The summed E-state index contributed by atoms with van der Waals surface area (Å²) < 4.78 is 0. The number of rotatable bonds is 5. The summed E-state index contributed by atoms with van der Waals surface area (Å²) in [5, 5.41) is 6.36. The fraction of sp³-hybridized carbons (Fsp3) is 0.588. The molecule has 5 heteroatoms. The molecule has 1 heterocycles. The molecule has 0 aliphatic carbocycles. The van der Waals surface area contributed by atoms with Gasteiger partial charge >= 0.3 is 6.03 Å². The molecule has 1 fully saturated rings. The van der Waals surface area contributed by atoms with E-state index in [1.165, 1.54) is 19.5 Å². The number of amides is 2. The number of benzene rings is 1. The number of nitrogens with zero attached hydrogens (tertiary/aromatic N) is 1. The molecular formula is C17H26ClN3O. The van der Waals surface area contributed by atoms with Gasteiger partial charge in [-0.2, -0.15) is 0 Å². The quantitative estimate of drug-likeness (QED) is 0.809. The van der Waals surface area contributed by atoms with E-state index in [0.717, 1.165) is 30.5 Å². The van der Waals surface area contributed by atoms with Crippen LogP contribution in [0.4, 0.5) is 10.5 Å². The second-order valence-corrected chi connectivity index (χ2v) is 6.88. The lowest BCUT2D eigenvalue weighted by atomic mass is 9.92. The maximum atomic E-state index is 11.8. The Bertz CT molecular complexity index is 467. The van der Waals surface area contributed by atoms with Crippen molar-refractivity contribution in [3.05, 3.63) is 29.3 Å². The Kier molecular flexibility index (Phi) is 6.52. The summed E-state index contributed by atoms with van der Waals surface area (Å²) in [6.45, 7) is 8.75. The Hall–Kier alpha value is -1.26. The number of likely N-dealkylation sites (tertiary alicyclic amines) is 1. The topological polar surface area (TPSA) is 44.4 Å². The van der Waals surface area contributed by atoms with Gasteiger partial charge in [-0.15, -0.1) is 0 Å². The predicted molar refractivity (Wildman–Crippen MR) is 92.5 cm³/mol. The molecule has 1 aromatic rings. The second-order valence-electron chi connectivity index (χ2n) is 6.45. The second kappa shape index (κ2) is 8.39. The highest BCUT2D eigenvalue weighted by atomic mass is 35.5. The number of piperidine rings is 1. The van der Waals surface area contributed by atoms with Gasteiger partial charge < -0.3 is 15.5 Å². The molecule has 22 heavy (non-hydrogen) atoms. The molecule has 0 saturated carbocycles. The zero-order valence-electron chi connectivity index (χ0n) is 13.4. The van der Waals surface area contributed by atoms with E-state index in [1.54, 1.807) is 24.3 Å². The van der Waals surface area contributed by atoms with Crippen LogP contribution in [0.25, 0.3) is 0 Å². The summed E-state index contributed by atoms with van der Waals surface area (Å²) in [7, 11) is 0. The zero-order valence-corrected chi connectivity index (χ0v) is 14.2. The summed E-state index contributed by atoms with van der Waals surface area (Å²) in [6, 6.07) is 6.94. The average Bonchev–Trinajstić information content (AvgIpc) is 2.45. The van der Waals surface area contributed by atoms with Gasteiger partial charge in [0.05, 0.1) is 0 Å². The molecule has 122 valence electrons. The predicted octanol–water partition coefficient (Wildman–Crippen LogP) is 3.83. The minimum Gasteiger partial charge on any atom is -0.338 e. The van der Waals surface area contributed by atoms with Crippen molar-refractivity contribution in [2.45, 2.75) is 26.7 Å². The highest BCUT2D eigenvalue weighted by Crippen LogP contribution is 2.20. The third-order valence-corrected chi connectivity index (χ3v) is 4.24. The van der Waals surface area contributed by atoms with Gasteiger partial charge in [0.2, 0.25) is 0 Å². The molecule has 0 aromatic heterocycles. The maximum absolute atomic E-state index is 11.8. The molecule has 1 aromatic carbocycles. The molecule has 0 bridgehead atoms. The van der Waals surface area contributed by atoms with Crippen molar-refractivity contribution in [1.82, 2.24) is 10.2 Å². The number of carbonyl (C=O) groups excluding carboxylic acids is 1. The molecule has 1 saturated heterocycles. The van der Waals surface area contributed by atoms with E-state index in [4.69, 9.17) is 11.6 Å². The molecule has 1 aliphatic rings. The lowest BCUT2D eigenvalue weighted by Crippen LogP contribution is -2.40. The van der Waals surface area contributed by atoms with Gasteiger partial charge in [-0.25, -0.2) is 4.79 Å². The van der Waals surface area contributed by atoms with E-state index in [-0.39, 0.29) is 6.03 Å². The first-order chi connectivity index (χ1) is 10.5. The van der Waals surface area contributed by atoms with E-state index < -0.39 is 0 Å². The Balaban J connectivity index is 1.62. The van der Waals surface area contributed by atoms with Crippen molar-refractivity contribution in [3.8, 4) is 0 Å². The molecule has 2 N–H and O–H groups in total. The fourth-order valence-electron chi connectivity index (χ4n) is 3.19. The first kappa shape index (κ1) is 17.1. The van der Waals surface area contributed by atoms with Gasteiger partial charge in [0, 0.05) is 30.3 Å². The zero-order chi connectivity index (χ0) is 15.9. The SMILES string of the molecule is C[C@@H]1C[C@H](C)CN(CCCNC(=O)Nc2ccc(Cl)cc2)C1. The number of halogens is 1. The van der Waals surface area contributed by atoms with Crippen LogP contribution in [0.2, 0.25) is 5.02 Å². The van der Waals surface area contributed by atoms with Gasteiger partial charge in [0.15, 0.2) is 0 Å². The monoisotopic (exact) mass is 323 g/mol. The van der Waals surface area contributed by atoms with Crippen molar-refractivity contribution < 1.29 is 4.79 Å². The van der Waals surface area contributed by atoms with Crippen LogP contribution in [0, 0.1) is 11.8 Å². The van der Waals surface area contributed by atoms with Gasteiger partial charge in [-0.3, -0.25) is 0 Å². The summed E-state index contributed by atoms with van der Waals surface area (Å²) in [5.74, 6) is 1.56. The van der Waals surface area contributed by atoms with E-state index in [1.807, 2.05) is 0 Å². The summed E-state index contributed by atoms with van der Waals surface area (Å²) >= 11 is 5.81. The lowest BCUT2D eigenvalue weighted by Gasteiger charge is -2.34. The Morgan fingerprint density at radius 2 is 1.86 bits per heavy atom.